The molecular weight excluding hydrogens is 318 g/mol. The summed E-state index contributed by atoms with van der Waals surface area (Å²) in [6.07, 6.45) is 1.96. The normalized spacial score (nSPS) is 10.0. The molecular formula is C15H15N3O4S. The molecule has 0 aliphatic rings. The van der Waals surface area contributed by atoms with Crippen molar-refractivity contribution in [3.05, 3.63) is 52.6 Å². The molecule has 2 aromatic carbocycles. The van der Waals surface area contributed by atoms with Gasteiger partial charge in [-0.05, 0) is 36.6 Å². The van der Waals surface area contributed by atoms with Crippen molar-refractivity contribution in [1.29, 1.82) is 0 Å². The number of nitrogens with zero attached hydrogens (tertiary/aromatic N) is 1. The summed E-state index contributed by atoms with van der Waals surface area (Å²) >= 11 is 1.60. The van der Waals surface area contributed by atoms with E-state index in [1.807, 2.05) is 18.4 Å². The van der Waals surface area contributed by atoms with Gasteiger partial charge in [0.15, 0.2) is 0 Å². The third-order valence-electron chi connectivity index (χ3n) is 2.99. The lowest BCUT2D eigenvalue weighted by Gasteiger charge is -2.11. The molecule has 120 valence electrons. The second-order valence-electron chi connectivity index (χ2n) is 4.45. The maximum atomic E-state index is 12.0. The molecule has 8 heteroatoms. The van der Waals surface area contributed by atoms with Gasteiger partial charge in [-0.2, -0.15) is 0 Å². The second-order valence-corrected chi connectivity index (χ2v) is 5.33. The molecule has 2 N–H and O–H groups in total. The Kier molecular flexibility index (Phi) is 5.42. The number of hydrogen-bond donors (Lipinski definition) is 2. The Bertz CT molecular complexity index is 719. The van der Waals surface area contributed by atoms with Crippen LogP contribution in [0.2, 0.25) is 0 Å². The Morgan fingerprint density at radius 1 is 1.17 bits per heavy atom. The number of anilines is 2. The molecule has 0 aliphatic carbocycles. The third-order valence-corrected chi connectivity index (χ3v) is 3.73. The molecule has 0 saturated carbocycles. The van der Waals surface area contributed by atoms with Crippen LogP contribution >= 0.6 is 11.8 Å². The molecule has 0 radical (unpaired) electrons. The number of non-ortho nitro benzene ring substituents is 1. The molecule has 0 heterocycles. The molecule has 7 nitrogen and oxygen atoms in total. The Morgan fingerprint density at radius 2 is 1.87 bits per heavy atom. The zero-order valence-corrected chi connectivity index (χ0v) is 13.3. The summed E-state index contributed by atoms with van der Waals surface area (Å²) in [4.78, 5) is 23.4. The number of nitro benzene ring substituents is 1. The van der Waals surface area contributed by atoms with Gasteiger partial charge >= 0.3 is 6.03 Å². The highest BCUT2D eigenvalue weighted by atomic mass is 32.2. The lowest BCUT2D eigenvalue weighted by molar-refractivity contribution is -0.384. The first kappa shape index (κ1) is 16.6. The Labute approximate surface area is 137 Å². The first-order chi connectivity index (χ1) is 11.0. The topological polar surface area (TPSA) is 93.5 Å². The molecule has 2 rings (SSSR count). The zero-order chi connectivity index (χ0) is 16.8. The van der Waals surface area contributed by atoms with E-state index in [-0.39, 0.29) is 11.4 Å². The molecule has 0 aliphatic heterocycles. The molecule has 0 atom stereocenters. The van der Waals surface area contributed by atoms with Crippen LogP contribution in [0.5, 0.6) is 5.75 Å². The van der Waals surface area contributed by atoms with Gasteiger partial charge in [-0.3, -0.25) is 10.1 Å². The van der Waals surface area contributed by atoms with Crippen LogP contribution in [0.4, 0.5) is 21.9 Å². The van der Waals surface area contributed by atoms with Crippen molar-refractivity contribution in [2.45, 2.75) is 4.90 Å². The van der Waals surface area contributed by atoms with Crippen molar-refractivity contribution in [2.75, 3.05) is 24.0 Å². The van der Waals surface area contributed by atoms with Gasteiger partial charge in [-0.1, -0.05) is 0 Å². The lowest BCUT2D eigenvalue weighted by atomic mass is 10.2. The summed E-state index contributed by atoms with van der Waals surface area (Å²) in [5.74, 6) is 0.337. The van der Waals surface area contributed by atoms with Crippen molar-refractivity contribution in [1.82, 2.24) is 0 Å². The van der Waals surface area contributed by atoms with E-state index in [9.17, 15) is 14.9 Å². The van der Waals surface area contributed by atoms with Crippen LogP contribution in [-0.2, 0) is 0 Å². The van der Waals surface area contributed by atoms with Crippen molar-refractivity contribution in [2.24, 2.45) is 0 Å². The van der Waals surface area contributed by atoms with Crippen LogP contribution in [0.3, 0.4) is 0 Å². The fourth-order valence-corrected chi connectivity index (χ4v) is 2.27. The minimum absolute atomic E-state index is 0.134. The summed E-state index contributed by atoms with van der Waals surface area (Å²) in [6, 6.07) is 10.8. The average molecular weight is 333 g/mol. The molecule has 2 aromatic rings. The van der Waals surface area contributed by atoms with E-state index in [2.05, 4.69) is 10.6 Å². The van der Waals surface area contributed by atoms with Crippen molar-refractivity contribution in [3.63, 3.8) is 0 Å². The largest absolute Gasteiger partial charge is 0.495 e. The fraction of sp³-hybridized carbons (Fsp3) is 0.133. The van der Waals surface area contributed by atoms with Crippen LogP contribution in [0.1, 0.15) is 0 Å². The number of amides is 2. The third kappa shape index (κ3) is 4.36. The number of rotatable bonds is 5. The van der Waals surface area contributed by atoms with Gasteiger partial charge in [-0.25, -0.2) is 4.79 Å². The van der Waals surface area contributed by atoms with Gasteiger partial charge in [0.2, 0.25) is 0 Å². The summed E-state index contributed by atoms with van der Waals surface area (Å²) < 4.78 is 5.09. The van der Waals surface area contributed by atoms with E-state index in [0.717, 1.165) is 4.90 Å². The molecule has 0 bridgehead atoms. The highest BCUT2D eigenvalue weighted by Gasteiger charge is 2.13. The number of benzene rings is 2. The monoisotopic (exact) mass is 333 g/mol. The van der Waals surface area contributed by atoms with E-state index in [1.165, 1.54) is 25.3 Å². The van der Waals surface area contributed by atoms with Crippen molar-refractivity contribution in [3.8, 4) is 5.75 Å². The molecule has 23 heavy (non-hydrogen) atoms. The van der Waals surface area contributed by atoms with Gasteiger partial charge in [0.25, 0.3) is 5.69 Å². The predicted octanol–water partition coefficient (Wildman–Crippen LogP) is 3.97. The van der Waals surface area contributed by atoms with E-state index >= 15 is 0 Å². The number of carbonyl (C=O) groups is 1. The average Bonchev–Trinajstić information content (AvgIpc) is 2.55. The quantitative estimate of drug-likeness (QED) is 0.490. The first-order valence-corrected chi connectivity index (χ1v) is 7.80. The molecule has 0 spiro atoms. The first-order valence-electron chi connectivity index (χ1n) is 6.58. The van der Waals surface area contributed by atoms with Gasteiger partial charge in [0.05, 0.1) is 17.7 Å². The minimum atomic E-state index is -0.538. The number of carbonyl (C=O) groups excluding carboxylic acids is 1. The number of urea groups is 1. The molecule has 2 amide bonds. The summed E-state index contributed by atoms with van der Waals surface area (Å²) in [6.45, 7) is 0. The molecule has 0 fully saturated rings. The lowest BCUT2D eigenvalue weighted by Crippen LogP contribution is -2.19. The fourth-order valence-electron chi connectivity index (χ4n) is 1.87. The van der Waals surface area contributed by atoms with Crippen LogP contribution < -0.4 is 15.4 Å². The summed E-state index contributed by atoms with van der Waals surface area (Å²) in [5, 5.41) is 16.0. The zero-order valence-electron chi connectivity index (χ0n) is 12.5. The van der Waals surface area contributed by atoms with Crippen LogP contribution in [0, 0.1) is 10.1 Å². The number of nitrogens with one attached hydrogen (secondary N) is 2. The van der Waals surface area contributed by atoms with E-state index in [4.69, 9.17) is 4.74 Å². The summed E-state index contributed by atoms with van der Waals surface area (Å²) in [7, 11) is 1.42. The minimum Gasteiger partial charge on any atom is -0.495 e. The molecule has 0 aromatic heterocycles. The van der Waals surface area contributed by atoms with Crippen LogP contribution in [0.25, 0.3) is 0 Å². The standard InChI is InChI=1S/C15H15N3O4S/c1-22-14-8-5-11(18(20)21)9-13(14)17-15(19)16-10-3-6-12(23-2)7-4-10/h3-9H,1-2H3,(H2,16,17,19). The number of nitro groups is 1. The van der Waals surface area contributed by atoms with E-state index in [1.54, 1.807) is 23.9 Å². The van der Waals surface area contributed by atoms with Crippen LogP contribution in [-0.4, -0.2) is 24.3 Å². The van der Waals surface area contributed by atoms with E-state index in [0.29, 0.717) is 11.4 Å². The van der Waals surface area contributed by atoms with Gasteiger partial charge < -0.3 is 15.4 Å². The second kappa shape index (κ2) is 7.50. The van der Waals surface area contributed by atoms with E-state index < -0.39 is 11.0 Å². The molecule has 0 saturated heterocycles. The van der Waals surface area contributed by atoms with Gasteiger partial charge in [0.1, 0.15) is 5.75 Å². The Morgan fingerprint density at radius 3 is 2.43 bits per heavy atom. The maximum Gasteiger partial charge on any atom is 0.323 e. The number of methoxy groups -OCH3 is 1. The number of ether oxygens (including phenoxy) is 1. The van der Waals surface area contributed by atoms with Gasteiger partial charge in [-0.15, -0.1) is 11.8 Å². The maximum absolute atomic E-state index is 12.0. The van der Waals surface area contributed by atoms with Gasteiger partial charge in [0, 0.05) is 22.7 Å². The Hall–Kier alpha value is -2.74. The smallest absolute Gasteiger partial charge is 0.323 e. The number of hydrogen-bond acceptors (Lipinski definition) is 5. The highest BCUT2D eigenvalue weighted by Crippen LogP contribution is 2.29. The predicted molar refractivity (Wildman–Crippen MR) is 90.5 cm³/mol. The summed E-state index contributed by atoms with van der Waals surface area (Å²) in [5.41, 5.74) is 0.704. The van der Waals surface area contributed by atoms with Crippen molar-refractivity contribution >= 4 is 34.9 Å². The van der Waals surface area contributed by atoms with Crippen molar-refractivity contribution < 1.29 is 14.5 Å². The SMILES string of the molecule is COc1ccc([N+](=O)[O-])cc1NC(=O)Nc1ccc(SC)cc1. The Balaban J connectivity index is 2.12. The van der Waals surface area contributed by atoms with Crippen LogP contribution in [0.15, 0.2) is 47.4 Å². The number of thioether (sulfide) groups is 1. The highest BCUT2D eigenvalue weighted by molar-refractivity contribution is 7.98. The molecule has 0 unspecified atom stereocenters.